The minimum absolute atomic E-state index is 0.137. The quantitative estimate of drug-likeness (QED) is 0.879. The topological polar surface area (TPSA) is 50.4 Å². The van der Waals surface area contributed by atoms with Gasteiger partial charge in [0.25, 0.3) is 0 Å². The van der Waals surface area contributed by atoms with Crippen molar-refractivity contribution in [2.24, 2.45) is 0 Å². The van der Waals surface area contributed by atoms with Crippen molar-refractivity contribution in [3.05, 3.63) is 35.4 Å². The summed E-state index contributed by atoms with van der Waals surface area (Å²) in [5.74, 6) is 0. The maximum absolute atomic E-state index is 12.0. The molecule has 1 aliphatic carbocycles. The Balaban J connectivity index is 1.91. The van der Waals surface area contributed by atoms with E-state index in [9.17, 15) is 4.79 Å². The summed E-state index contributed by atoms with van der Waals surface area (Å²) < 4.78 is 5.37. The number of nitrogens with one attached hydrogen (secondary N) is 2. The normalized spacial score (nSPS) is 22.7. The Bertz CT molecular complexity index is 519. The van der Waals surface area contributed by atoms with Gasteiger partial charge < -0.3 is 15.4 Å². The van der Waals surface area contributed by atoms with Crippen LogP contribution in [0.1, 0.15) is 64.1 Å². The van der Waals surface area contributed by atoms with Crippen LogP contribution in [-0.4, -0.2) is 23.8 Å². The second kappa shape index (κ2) is 7.35. The fourth-order valence-electron chi connectivity index (χ4n) is 3.06. The fraction of sp³-hybridized carbons (Fsp3) is 0.632. The molecular formula is C19H30N2O2. The molecule has 128 valence electrons. The highest BCUT2D eigenvalue weighted by Gasteiger charge is 2.31. The summed E-state index contributed by atoms with van der Waals surface area (Å²) in [6.07, 6.45) is 2.88. The van der Waals surface area contributed by atoms with Gasteiger partial charge in [-0.3, -0.25) is 0 Å². The molecule has 1 fully saturated rings. The lowest BCUT2D eigenvalue weighted by atomic mass is 10.0. The van der Waals surface area contributed by atoms with Gasteiger partial charge in [0.05, 0.1) is 0 Å². The SMILES string of the molecule is Cc1ccc(C(C)NC2CCCC2NC(=O)OC(C)(C)C)cc1. The van der Waals surface area contributed by atoms with Gasteiger partial charge in [0.1, 0.15) is 5.60 Å². The summed E-state index contributed by atoms with van der Waals surface area (Å²) in [6, 6.07) is 9.30. The Labute approximate surface area is 140 Å². The van der Waals surface area contributed by atoms with Crippen LogP contribution in [0.2, 0.25) is 0 Å². The average Bonchev–Trinajstić information content (AvgIpc) is 2.84. The van der Waals surface area contributed by atoms with Gasteiger partial charge >= 0.3 is 6.09 Å². The first-order valence-electron chi connectivity index (χ1n) is 8.57. The lowest BCUT2D eigenvalue weighted by Gasteiger charge is -2.27. The van der Waals surface area contributed by atoms with Crippen molar-refractivity contribution >= 4 is 6.09 Å². The molecule has 1 saturated carbocycles. The molecule has 4 heteroatoms. The predicted molar refractivity (Wildman–Crippen MR) is 93.5 cm³/mol. The summed E-state index contributed by atoms with van der Waals surface area (Å²) in [4.78, 5) is 12.0. The predicted octanol–water partition coefficient (Wildman–Crippen LogP) is 4.09. The van der Waals surface area contributed by atoms with Crippen LogP contribution in [0, 0.1) is 6.92 Å². The molecule has 0 heterocycles. The number of amides is 1. The minimum Gasteiger partial charge on any atom is -0.444 e. The lowest BCUT2D eigenvalue weighted by Crippen LogP contribution is -2.48. The minimum atomic E-state index is -0.458. The molecule has 2 rings (SSSR count). The first-order chi connectivity index (χ1) is 10.7. The van der Waals surface area contributed by atoms with E-state index in [-0.39, 0.29) is 18.2 Å². The van der Waals surface area contributed by atoms with Crippen molar-refractivity contribution in [3.63, 3.8) is 0 Å². The van der Waals surface area contributed by atoms with Gasteiger partial charge in [-0.25, -0.2) is 4.79 Å². The van der Waals surface area contributed by atoms with Crippen molar-refractivity contribution in [1.82, 2.24) is 10.6 Å². The highest BCUT2D eigenvalue weighted by Crippen LogP contribution is 2.23. The van der Waals surface area contributed by atoms with Crippen molar-refractivity contribution in [2.45, 2.75) is 77.6 Å². The van der Waals surface area contributed by atoms with Crippen LogP contribution in [0.4, 0.5) is 4.79 Å². The Morgan fingerprint density at radius 1 is 1.17 bits per heavy atom. The third-order valence-electron chi connectivity index (χ3n) is 4.26. The van der Waals surface area contributed by atoms with Crippen LogP contribution >= 0.6 is 0 Å². The van der Waals surface area contributed by atoms with Crippen molar-refractivity contribution in [2.75, 3.05) is 0 Å². The molecule has 3 atom stereocenters. The van der Waals surface area contributed by atoms with Crippen molar-refractivity contribution in [3.8, 4) is 0 Å². The molecular weight excluding hydrogens is 288 g/mol. The van der Waals surface area contributed by atoms with Crippen LogP contribution < -0.4 is 10.6 Å². The third-order valence-corrected chi connectivity index (χ3v) is 4.26. The maximum Gasteiger partial charge on any atom is 0.407 e. The monoisotopic (exact) mass is 318 g/mol. The van der Waals surface area contributed by atoms with Crippen LogP contribution in [0.15, 0.2) is 24.3 Å². The molecule has 0 saturated heterocycles. The molecule has 23 heavy (non-hydrogen) atoms. The molecule has 0 bridgehead atoms. The smallest absolute Gasteiger partial charge is 0.407 e. The molecule has 2 N–H and O–H groups in total. The average molecular weight is 318 g/mol. The van der Waals surface area contributed by atoms with Gasteiger partial charge in [-0.2, -0.15) is 0 Å². The van der Waals surface area contributed by atoms with Gasteiger partial charge in [0.15, 0.2) is 0 Å². The molecule has 1 amide bonds. The number of alkyl carbamates (subject to hydrolysis) is 1. The van der Waals surface area contributed by atoms with E-state index in [1.165, 1.54) is 11.1 Å². The van der Waals surface area contributed by atoms with Crippen molar-refractivity contribution in [1.29, 1.82) is 0 Å². The summed E-state index contributed by atoms with van der Waals surface area (Å²) >= 11 is 0. The molecule has 0 radical (unpaired) electrons. The van der Waals surface area contributed by atoms with E-state index in [0.29, 0.717) is 6.04 Å². The van der Waals surface area contributed by atoms with Crippen LogP contribution in [-0.2, 0) is 4.74 Å². The van der Waals surface area contributed by atoms with Crippen LogP contribution in [0.5, 0.6) is 0 Å². The zero-order valence-electron chi connectivity index (χ0n) is 15.0. The fourth-order valence-corrected chi connectivity index (χ4v) is 3.06. The van der Waals surface area contributed by atoms with Gasteiger partial charge in [-0.05, 0) is 59.4 Å². The second-order valence-electron chi connectivity index (χ2n) is 7.59. The number of rotatable bonds is 4. The summed E-state index contributed by atoms with van der Waals surface area (Å²) in [6.45, 7) is 9.93. The second-order valence-corrected chi connectivity index (χ2v) is 7.59. The molecule has 0 aliphatic heterocycles. The number of hydrogen-bond acceptors (Lipinski definition) is 3. The highest BCUT2D eigenvalue weighted by molar-refractivity contribution is 5.68. The molecule has 1 aromatic carbocycles. The van der Waals surface area contributed by atoms with E-state index in [4.69, 9.17) is 4.74 Å². The summed E-state index contributed by atoms with van der Waals surface area (Å²) in [7, 11) is 0. The Morgan fingerprint density at radius 2 is 1.78 bits per heavy atom. The van der Waals surface area contributed by atoms with Gasteiger partial charge in [0.2, 0.25) is 0 Å². The zero-order chi connectivity index (χ0) is 17.0. The Morgan fingerprint density at radius 3 is 2.39 bits per heavy atom. The summed E-state index contributed by atoms with van der Waals surface area (Å²) in [5.41, 5.74) is 2.09. The van der Waals surface area contributed by atoms with E-state index in [0.717, 1.165) is 19.3 Å². The Hall–Kier alpha value is -1.55. The largest absolute Gasteiger partial charge is 0.444 e. The van der Waals surface area contributed by atoms with Gasteiger partial charge in [-0.15, -0.1) is 0 Å². The van der Waals surface area contributed by atoms with E-state index < -0.39 is 5.60 Å². The van der Waals surface area contributed by atoms with E-state index >= 15 is 0 Å². The van der Waals surface area contributed by atoms with Crippen LogP contribution in [0.3, 0.4) is 0 Å². The van der Waals surface area contributed by atoms with Crippen LogP contribution in [0.25, 0.3) is 0 Å². The molecule has 3 unspecified atom stereocenters. The lowest BCUT2D eigenvalue weighted by molar-refractivity contribution is 0.0497. The summed E-state index contributed by atoms with van der Waals surface area (Å²) in [5, 5.41) is 6.69. The first kappa shape index (κ1) is 17.8. The van der Waals surface area contributed by atoms with E-state index in [2.05, 4.69) is 48.7 Å². The molecule has 4 nitrogen and oxygen atoms in total. The molecule has 0 aromatic heterocycles. The highest BCUT2D eigenvalue weighted by atomic mass is 16.6. The van der Waals surface area contributed by atoms with E-state index in [1.807, 2.05) is 20.8 Å². The molecule has 1 aliphatic rings. The molecule has 0 spiro atoms. The maximum atomic E-state index is 12.0. The number of hydrogen-bond donors (Lipinski definition) is 2. The van der Waals surface area contributed by atoms with E-state index in [1.54, 1.807) is 0 Å². The Kier molecular flexibility index (Phi) is 5.69. The van der Waals surface area contributed by atoms with Gasteiger partial charge in [-0.1, -0.05) is 29.8 Å². The van der Waals surface area contributed by atoms with Crippen molar-refractivity contribution < 1.29 is 9.53 Å². The van der Waals surface area contributed by atoms with Gasteiger partial charge in [0, 0.05) is 18.1 Å². The first-order valence-corrected chi connectivity index (χ1v) is 8.57. The number of ether oxygens (including phenoxy) is 1. The zero-order valence-corrected chi connectivity index (χ0v) is 15.0. The number of carbonyl (C=O) groups excluding carboxylic acids is 1. The number of benzene rings is 1. The molecule has 1 aromatic rings. The number of carbonyl (C=O) groups is 1. The third kappa shape index (κ3) is 5.54. The standard InChI is InChI=1S/C19H30N2O2/c1-13-9-11-15(12-10-13)14(2)20-16-7-6-8-17(16)21-18(22)23-19(3,4)5/h9-12,14,16-17,20H,6-8H2,1-5H3,(H,21,22). The number of aryl methyl sites for hydroxylation is 1.